The zero-order valence-electron chi connectivity index (χ0n) is 14.0. The fourth-order valence-corrected chi connectivity index (χ4v) is 3.21. The maximum absolute atomic E-state index is 9.42. The minimum Gasteiger partial charge on any atom is -0.493 e. The van der Waals surface area contributed by atoms with Crippen LogP contribution in [-0.2, 0) is 5.41 Å². The molecule has 0 saturated heterocycles. The highest BCUT2D eigenvalue weighted by atomic mass is 32.2. The number of nitrogen functional groups attached to an aromatic ring is 1. The standard InChI is InChI=1S/C19H22N2OS/c1-5-22-17-11-10-16(21)15(12-20)18(17)23-14-8-6-13(7-9-14)19(2,3)4/h6-11H,5,21H2,1-4H3. The van der Waals surface area contributed by atoms with E-state index in [2.05, 4.69) is 51.1 Å². The Bertz CT molecular complexity index is 725. The minimum absolute atomic E-state index is 0.120. The number of rotatable bonds is 4. The van der Waals surface area contributed by atoms with E-state index in [9.17, 15) is 5.26 Å². The van der Waals surface area contributed by atoms with Crippen LogP contribution in [0.1, 0.15) is 38.8 Å². The summed E-state index contributed by atoms with van der Waals surface area (Å²) in [6, 6.07) is 14.1. The topological polar surface area (TPSA) is 59.0 Å². The summed E-state index contributed by atoms with van der Waals surface area (Å²) >= 11 is 1.51. The molecule has 0 aliphatic rings. The molecule has 2 N–H and O–H groups in total. The first kappa shape index (κ1) is 17.2. The van der Waals surface area contributed by atoms with Gasteiger partial charge >= 0.3 is 0 Å². The SMILES string of the molecule is CCOc1ccc(N)c(C#N)c1Sc1ccc(C(C)(C)C)cc1. The lowest BCUT2D eigenvalue weighted by molar-refractivity contribution is 0.332. The monoisotopic (exact) mass is 326 g/mol. The number of anilines is 1. The molecule has 0 aromatic heterocycles. The average Bonchev–Trinajstić information content (AvgIpc) is 2.50. The lowest BCUT2D eigenvalue weighted by Gasteiger charge is -2.19. The van der Waals surface area contributed by atoms with Crippen LogP contribution in [-0.4, -0.2) is 6.61 Å². The quantitative estimate of drug-likeness (QED) is 0.804. The maximum Gasteiger partial charge on any atom is 0.134 e. The second-order valence-corrected chi connectivity index (χ2v) is 7.36. The van der Waals surface area contributed by atoms with Gasteiger partial charge in [0.15, 0.2) is 0 Å². The van der Waals surface area contributed by atoms with Crippen molar-refractivity contribution >= 4 is 17.4 Å². The zero-order valence-corrected chi connectivity index (χ0v) is 14.8. The first-order valence-electron chi connectivity index (χ1n) is 7.60. The van der Waals surface area contributed by atoms with E-state index in [0.717, 1.165) is 9.79 Å². The number of benzene rings is 2. The van der Waals surface area contributed by atoms with Crippen molar-refractivity contribution in [3.8, 4) is 11.8 Å². The summed E-state index contributed by atoms with van der Waals surface area (Å²) in [7, 11) is 0. The lowest BCUT2D eigenvalue weighted by Crippen LogP contribution is -2.10. The van der Waals surface area contributed by atoms with Crippen LogP contribution in [0.2, 0.25) is 0 Å². The molecule has 3 nitrogen and oxygen atoms in total. The van der Waals surface area contributed by atoms with Gasteiger partial charge in [-0.2, -0.15) is 5.26 Å². The Kier molecular flexibility index (Phi) is 5.23. The molecule has 0 amide bonds. The second-order valence-electron chi connectivity index (χ2n) is 6.28. The molecule has 120 valence electrons. The molecule has 2 rings (SSSR count). The van der Waals surface area contributed by atoms with E-state index < -0.39 is 0 Å². The van der Waals surface area contributed by atoms with Gasteiger partial charge in [0.1, 0.15) is 11.8 Å². The molecule has 0 heterocycles. The third kappa shape index (κ3) is 4.00. The van der Waals surface area contributed by atoms with Gasteiger partial charge in [-0.25, -0.2) is 0 Å². The summed E-state index contributed by atoms with van der Waals surface area (Å²) in [6.07, 6.45) is 0. The Balaban J connectivity index is 2.39. The lowest BCUT2D eigenvalue weighted by atomic mass is 9.87. The fraction of sp³-hybridized carbons (Fsp3) is 0.316. The molecule has 4 heteroatoms. The van der Waals surface area contributed by atoms with Crippen molar-refractivity contribution in [2.45, 2.75) is 42.9 Å². The third-order valence-electron chi connectivity index (χ3n) is 3.51. The Morgan fingerprint density at radius 3 is 2.30 bits per heavy atom. The predicted octanol–water partition coefficient (Wildman–Crippen LogP) is 4.99. The molecule has 0 bridgehead atoms. The largest absolute Gasteiger partial charge is 0.493 e. The number of nitrogens with two attached hydrogens (primary N) is 1. The highest BCUT2D eigenvalue weighted by Crippen LogP contribution is 2.40. The van der Waals surface area contributed by atoms with Crippen LogP contribution in [0.3, 0.4) is 0 Å². The summed E-state index contributed by atoms with van der Waals surface area (Å²) in [5.74, 6) is 0.697. The molecule has 0 aliphatic carbocycles. The van der Waals surface area contributed by atoms with Gasteiger partial charge in [-0.3, -0.25) is 0 Å². The normalized spacial score (nSPS) is 11.1. The van der Waals surface area contributed by atoms with Crippen molar-refractivity contribution in [1.29, 1.82) is 5.26 Å². The fourth-order valence-electron chi connectivity index (χ4n) is 2.21. The van der Waals surface area contributed by atoms with Crippen LogP contribution in [0.4, 0.5) is 5.69 Å². The van der Waals surface area contributed by atoms with E-state index >= 15 is 0 Å². The summed E-state index contributed by atoms with van der Waals surface area (Å²) in [6.45, 7) is 9.04. The Morgan fingerprint density at radius 1 is 1.13 bits per heavy atom. The van der Waals surface area contributed by atoms with Crippen LogP contribution < -0.4 is 10.5 Å². The summed E-state index contributed by atoms with van der Waals surface area (Å²) in [5.41, 5.74) is 8.29. The second kappa shape index (κ2) is 6.97. The van der Waals surface area contributed by atoms with Crippen LogP contribution in [0.5, 0.6) is 5.75 Å². The number of nitrogens with zero attached hydrogens (tertiary/aromatic N) is 1. The Hall–Kier alpha value is -2.12. The van der Waals surface area contributed by atoms with Crippen LogP contribution in [0.15, 0.2) is 46.2 Å². The molecule has 0 spiro atoms. The van der Waals surface area contributed by atoms with Crippen molar-refractivity contribution < 1.29 is 4.74 Å². The predicted molar refractivity (Wildman–Crippen MR) is 96.0 cm³/mol. The van der Waals surface area contributed by atoms with Gasteiger partial charge in [0, 0.05) is 4.90 Å². The molecule has 0 atom stereocenters. The third-order valence-corrected chi connectivity index (χ3v) is 4.62. The van der Waals surface area contributed by atoms with Crippen molar-refractivity contribution in [3.05, 3.63) is 47.5 Å². The zero-order chi connectivity index (χ0) is 17.0. The van der Waals surface area contributed by atoms with Crippen molar-refractivity contribution in [2.75, 3.05) is 12.3 Å². The number of ether oxygens (including phenoxy) is 1. The molecule has 2 aromatic rings. The van der Waals surface area contributed by atoms with E-state index in [-0.39, 0.29) is 5.41 Å². The van der Waals surface area contributed by atoms with Gasteiger partial charge in [-0.1, -0.05) is 44.7 Å². The molecular formula is C19H22N2OS. The van der Waals surface area contributed by atoms with E-state index in [4.69, 9.17) is 10.5 Å². The van der Waals surface area contributed by atoms with Crippen LogP contribution in [0, 0.1) is 11.3 Å². The average molecular weight is 326 g/mol. The van der Waals surface area contributed by atoms with E-state index in [1.807, 2.05) is 13.0 Å². The van der Waals surface area contributed by atoms with E-state index in [1.165, 1.54) is 17.3 Å². The minimum atomic E-state index is 0.120. The summed E-state index contributed by atoms with van der Waals surface area (Å²) in [4.78, 5) is 1.83. The van der Waals surface area contributed by atoms with Gasteiger partial charge in [-0.15, -0.1) is 0 Å². The highest BCUT2D eigenvalue weighted by molar-refractivity contribution is 7.99. The molecular weight excluding hydrogens is 304 g/mol. The number of hydrogen-bond acceptors (Lipinski definition) is 4. The van der Waals surface area contributed by atoms with Crippen LogP contribution in [0.25, 0.3) is 0 Å². The summed E-state index contributed by atoms with van der Waals surface area (Å²) in [5, 5.41) is 9.42. The Morgan fingerprint density at radius 2 is 1.78 bits per heavy atom. The van der Waals surface area contributed by atoms with Crippen molar-refractivity contribution in [3.63, 3.8) is 0 Å². The molecule has 0 aliphatic heterocycles. The van der Waals surface area contributed by atoms with Gasteiger partial charge < -0.3 is 10.5 Å². The van der Waals surface area contributed by atoms with E-state index in [0.29, 0.717) is 23.6 Å². The molecule has 0 radical (unpaired) electrons. The van der Waals surface area contributed by atoms with Crippen molar-refractivity contribution in [1.82, 2.24) is 0 Å². The summed E-state index contributed by atoms with van der Waals surface area (Å²) < 4.78 is 5.66. The van der Waals surface area contributed by atoms with Crippen LogP contribution >= 0.6 is 11.8 Å². The molecule has 0 saturated carbocycles. The van der Waals surface area contributed by atoms with Gasteiger partial charge in [0.25, 0.3) is 0 Å². The molecule has 0 fully saturated rings. The maximum atomic E-state index is 9.42. The van der Waals surface area contributed by atoms with Crippen molar-refractivity contribution in [2.24, 2.45) is 0 Å². The highest BCUT2D eigenvalue weighted by Gasteiger charge is 2.16. The number of nitriles is 1. The van der Waals surface area contributed by atoms with Gasteiger partial charge in [0.2, 0.25) is 0 Å². The first-order chi connectivity index (χ1) is 10.9. The van der Waals surface area contributed by atoms with Gasteiger partial charge in [0.05, 0.1) is 22.8 Å². The Labute approximate surface area is 142 Å². The van der Waals surface area contributed by atoms with E-state index in [1.54, 1.807) is 6.07 Å². The molecule has 23 heavy (non-hydrogen) atoms. The first-order valence-corrected chi connectivity index (χ1v) is 8.42. The smallest absolute Gasteiger partial charge is 0.134 e. The molecule has 2 aromatic carbocycles. The van der Waals surface area contributed by atoms with Gasteiger partial charge in [-0.05, 0) is 42.2 Å². The number of hydrogen-bond donors (Lipinski definition) is 1. The molecule has 0 unspecified atom stereocenters.